The van der Waals surface area contributed by atoms with Crippen LogP contribution in [0.15, 0.2) is 89.6 Å². The van der Waals surface area contributed by atoms with Crippen LogP contribution in [0.5, 0.6) is 5.75 Å². The SMILES string of the molecule is O=C(Nc1cccc(O)c1)c1ccc(NC2=C(Cl)C(=O)N(CCc3ccccc3)C2=O)cc1. The number of anilines is 2. The molecular formula is C25H20ClN3O4. The van der Waals surface area contributed by atoms with Gasteiger partial charge in [-0.1, -0.05) is 48.0 Å². The van der Waals surface area contributed by atoms with Gasteiger partial charge in [-0.25, -0.2) is 0 Å². The number of amides is 3. The van der Waals surface area contributed by atoms with E-state index in [9.17, 15) is 19.5 Å². The highest BCUT2D eigenvalue weighted by molar-refractivity contribution is 6.48. The van der Waals surface area contributed by atoms with Crippen molar-refractivity contribution >= 4 is 40.7 Å². The van der Waals surface area contributed by atoms with Gasteiger partial charge < -0.3 is 15.7 Å². The largest absolute Gasteiger partial charge is 0.508 e. The van der Waals surface area contributed by atoms with Gasteiger partial charge in [0, 0.05) is 29.5 Å². The van der Waals surface area contributed by atoms with Crippen LogP contribution in [0.1, 0.15) is 15.9 Å². The van der Waals surface area contributed by atoms with E-state index < -0.39 is 11.8 Å². The second-order valence-electron chi connectivity index (χ2n) is 7.39. The summed E-state index contributed by atoms with van der Waals surface area (Å²) < 4.78 is 0. The number of nitrogens with zero attached hydrogens (tertiary/aromatic N) is 1. The van der Waals surface area contributed by atoms with E-state index in [1.54, 1.807) is 36.4 Å². The van der Waals surface area contributed by atoms with Crippen molar-refractivity contribution < 1.29 is 19.5 Å². The monoisotopic (exact) mass is 461 g/mol. The maximum absolute atomic E-state index is 12.8. The fourth-order valence-corrected chi connectivity index (χ4v) is 3.61. The molecule has 8 heteroatoms. The minimum Gasteiger partial charge on any atom is -0.508 e. The van der Waals surface area contributed by atoms with Gasteiger partial charge in [0.05, 0.1) is 0 Å². The van der Waals surface area contributed by atoms with Crippen molar-refractivity contribution in [3.63, 3.8) is 0 Å². The van der Waals surface area contributed by atoms with Gasteiger partial charge in [0.25, 0.3) is 17.7 Å². The number of carbonyl (C=O) groups is 3. The number of rotatable bonds is 7. The van der Waals surface area contributed by atoms with Gasteiger partial charge in [-0.3, -0.25) is 19.3 Å². The Morgan fingerprint density at radius 1 is 0.879 bits per heavy atom. The number of carbonyl (C=O) groups excluding carboxylic acids is 3. The lowest BCUT2D eigenvalue weighted by atomic mass is 10.1. The second-order valence-corrected chi connectivity index (χ2v) is 7.77. The summed E-state index contributed by atoms with van der Waals surface area (Å²) in [5.74, 6) is -1.34. The van der Waals surface area contributed by atoms with Crippen molar-refractivity contribution in [3.05, 3.63) is 101 Å². The molecule has 33 heavy (non-hydrogen) atoms. The van der Waals surface area contributed by atoms with E-state index in [4.69, 9.17) is 11.6 Å². The zero-order valence-electron chi connectivity index (χ0n) is 17.4. The van der Waals surface area contributed by atoms with Crippen LogP contribution in [0, 0.1) is 0 Å². The lowest BCUT2D eigenvalue weighted by Crippen LogP contribution is -2.34. The summed E-state index contributed by atoms with van der Waals surface area (Å²) in [5.41, 5.74) is 2.36. The smallest absolute Gasteiger partial charge is 0.278 e. The lowest BCUT2D eigenvalue weighted by Gasteiger charge is -2.15. The van der Waals surface area contributed by atoms with Gasteiger partial charge >= 0.3 is 0 Å². The van der Waals surface area contributed by atoms with E-state index in [2.05, 4.69) is 10.6 Å². The molecule has 3 N–H and O–H groups in total. The third kappa shape index (κ3) is 5.05. The molecule has 0 aromatic heterocycles. The molecule has 0 atom stereocenters. The van der Waals surface area contributed by atoms with E-state index in [-0.39, 0.29) is 28.9 Å². The molecule has 0 saturated carbocycles. The zero-order valence-corrected chi connectivity index (χ0v) is 18.2. The normalized spacial score (nSPS) is 13.4. The van der Waals surface area contributed by atoms with Crippen LogP contribution in [-0.4, -0.2) is 34.3 Å². The predicted octanol–water partition coefficient (Wildman–Crippen LogP) is 4.12. The van der Waals surface area contributed by atoms with Crippen molar-refractivity contribution in [3.8, 4) is 5.75 Å². The molecule has 3 aromatic rings. The quantitative estimate of drug-likeness (QED) is 0.460. The Labute approximate surface area is 195 Å². The maximum Gasteiger partial charge on any atom is 0.278 e. The Bertz CT molecular complexity index is 1240. The molecule has 0 aliphatic carbocycles. The minimum absolute atomic E-state index is 0.00620. The number of aromatic hydroxyl groups is 1. The molecule has 166 valence electrons. The van der Waals surface area contributed by atoms with Crippen LogP contribution in [0.4, 0.5) is 11.4 Å². The van der Waals surface area contributed by atoms with Gasteiger partial charge in [0.2, 0.25) is 0 Å². The number of halogens is 1. The van der Waals surface area contributed by atoms with E-state index in [1.165, 1.54) is 12.1 Å². The predicted molar refractivity (Wildman–Crippen MR) is 126 cm³/mol. The van der Waals surface area contributed by atoms with E-state index >= 15 is 0 Å². The topological polar surface area (TPSA) is 98.7 Å². The molecule has 0 fully saturated rings. The van der Waals surface area contributed by atoms with Crippen LogP contribution < -0.4 is 10.6 Å². The number of phenols is 1. The first-order chi connectivity index (χ1) is 15.9. The Morgan fingerprint density at radius 2 is 1.61 bits per heavy atom. The molecule has 0 radical (unpaired) electrons. The van der Waals surface area contributed by atoms with Crippen molar-refractivity contribution in [2.75, 3.05) is 17.2 Å². The Balaban J connectivity index is 1.40. The van der Waals surface area contributed by atoms with Gasteiger partial charge in [0.15, 0.2) is 0 Å². The standard InChI is InChI=1S/C25H20ClN3O4/c26-21-22(25(33)29(24(21)32)14-13-16-5-2-1-3-6-16)27-18-11-9-17(10-12-18)23(31)28-19-7-4-8-20(30)15-19/h1-12,15,27,30H,13-14H2,(H,28,31). The first-order valence-electron chi connectivity index (χ1n) is 10.2. The Morgan fingerprint density at radius 3 is 2.30 bits per heavy atom. The minimum atomic E-state index is -0.540. The highest BCUT2D eigenvalue weighted by Gasteiger charge is 2.37. The molecule has 0 bridgehead atoms. The van der Waals surface area contributed by atoms with Crippen molar-refractivity contribution in [1.82, 2.24) is 4.90 Å². The molecule has 7 nitrogen and oxygen atoms in total. The van der Waals surface area contributed by atoms with Crippen LogP contribution in [0.25, 0.3) is 0 Å². The summed E-state index contributed by atoms with van der Waals surface area (Å²) >= 11 is 6.16. The van der Waals surface area contributed by atoms with Crippen LogP contribution in [-0.2, 0) is 16.0 Å². The van der Waals surface area contributed by atoms with E-state index in [1.807, 2.05) is 30.3 Å². The summed E-state index contributed by atoms with van der Waals surface area (Å²) in [6, 6.07) is 22.1. The fraction of sp³-hybridized carbons (Fsp3) is 0.0800. The van der Waals surface area contributed by atoms with E-state index in [0.29, 0.717) is 23.4 Å². The van der Waals surface area contributed by atoms with Crippen molar-refractivity contribution in [2.45, 2.75) is 6.42 Å². The van der Waals surface area contributed by atoms with Gasteiger partial charge in [-0.2, -0.15) is 0 Å². The number of nitrogens with one attached hydrogen (secondary N) is 2. The highest BCUT2D eigenvalue weighted by Crippen LogP contribution is 2.26. The molecule has 3 aromatic carbocycles. The third-order valence-corrected chi connectivity index (χ3v) is 5.45. The fourth-order valence-electron chi connectivity index (χ4n) is 3.38. The average Bonchev–Trinajstić information content (AvgIpc) is 3.01. The highest BCUT2D eigenvalue weighted by atomic mass is 35.5. The molecule has 1 heterocycles. The van der Waals surface area contributed by atoms with Crippen LogP contribution >= 0.6 is 11.6 Å². The summed E-state index contributed by atoms with van der Waals surface area (Å²) in [7, 11) is 0. The Hall–Kier alpha value is -4.10. The molecule has 4 rings (SSSR count). The van der Waals surface area contributed by atoms with Gasteiger partial charge in [-0.15, -0.1) is 0 Å². The number of phenolic OH excluding ortho intramolecular Hbond substituents is 1. The third-order valence-electron chi connectivity index (χ3n) is 5.10. The maximum atomic E-state index is 12.8. The van der Waals surface area contributed by atoms with Crippen molar-refractivity contribution in [2.24, 2.45) is 0 Å². The molecular weight excluding hydrogens is 442 g/mol. The lowest BCUT2D eigenvalue weighted by molar-refractivity contribution is -0.137. The van der Waals surface area contributed by atoms with Gasteiger partial charge in [-0.05, 0) is 48.4 Å². The first kappa shape index (κ1) is 22.1. The second kappa shape index (κ2) is 9.58. The number of hydrogen-bond acceptors (Lipinski definition) is 5. The van der Waals surface area contributed by atoms with Crippen molar-refractivity contribution in [1.29, 1.82) is 0 Å². The molecule has 0 saturated heterocycles. The zero-order chi connectivity index (χ0) is 23.4. The molecule has 1 aliphatic rings. The molecule has 0 spiro atoms. The number of imide groups is 1. The molecule has 0 unspecified atom stereocenters. The number of benzene rings is 3. The first-order valence-corrected chi connectivity index (χ1v) is 10.6. The summed E-state index contributed by atoms with van der Waals surface area (Å²) in [4.78, 5) is 38.8. The average molecular weight is 462 g/mol. The summed E-state index contributed by atoms with van der Waals surface area (Å²) in [5, 5.41) is 14.9. The van der Waals surface area contributed by atoms with Gasteiger partial charge in [0.1, 0.15) is 16.5 Å². The molecule has 3 amide bonds. The summed E-state index contributed by atoms with van der Waals surface area (Å²) in [6.45, 7) is 0.219. The van der Waals surface area contributed by atoms with E-state index in [0.717, 1.165) is 10.5 Å². The Kier molecular flexibility index (Phi) is 6.42. The van der Waals surface area contributed by atoms with Crippen LogP contribution in [0.3, 0.4) is 0 Å². The summed E-state index contributed by atoms with van der Waals surface area (Å²) in [6.07, 6.45) is 0.527. The molecule has 1 aliphatic heterocycles. The number of hydrogen-bond donors (Lipinski definition) is 3. The van der Waals surface area contributed by atoms with Crippen LogP contribution in [0.2, 0.25) is 0 Å².